The highest BCUT2D eigenvalue weighted by Gasteiger charge is 2.24. The van der Waals surface area contributed by atoms with Crippen molar-refractivity contribution in [2.24, 2.45) is 0 Å². The van der Waals surface area contributed by atoms with E-state index in [9.17, 15) is 14.9 Å². The van der Waals surface area contributed by atoms with Gasteiger partial charge in [0, 0.05) is 0 Å². The maximum atomic E-state index is 12.3. The first kappa shape index (κ1) is 20.6. The molecule has 0 aliphatic heterocycles. The molecule has 8 nitrogen and oxygen atoms in total. The van der Waals surface area contributed by atoms with Gasteiger partial charge in [-0.25, -0.2) is 14.8 Å². The summed E-state index contributed by atoms with van der Waals surface area (Å²) in [6, 6.07) is 11.1. The zero-order valence-corrected chi connectivity index (χ0v) is 15.6. The average molecular weight is 380 g/mol. The number of rotatable bonds is 7. The van der Waals surface area contributed by atoms with Crippen LogP contribution in [-0.2, 0) is 20.7 Å². The smallest absolute Gasteiger partial charge is 0.343 e. The zero-order valence-electron chi connectivity index (χ0n) is 15.6. The van der Waals surface area contributed by atoms with Gasteiger partial charge in [-0.1, -0.05) is 30.3 Å². The van der Waals surface area contributed by atoms with Crippen molar-refractivity contribution in [1.82, 2.24) is 9.97 Å². The van der Waals surface area contributed by atoms with Crippen molar-refractivity contribution in [2.75, 3.05) is 18.9 Å². The van der Waals surface area contributed by atoms with Crippen molar-refractivity contribution in [3.8, 4) is 6.07 Å². The summed E-state index contributed by atoms with van der Waals surface area (Å²) in [4.78, 5) is 32.5. The summed E-state index contributed by atoms with van der Waals surface area (Å²) in [6.07, 6.45) is 1.29. The number of nitrogens with two attached hydrogens (primary N) is 1. The van der Waals surface area contributed by atoms with Crippen LogP contribution in [0.25, 0.3) is 11.6 Å². The lowest BCUT2D eigenvalue weighted by atomic mass is 10.1. The molecule has 0 aliphatic carbocycles. The predicted molar refractivity (Wildman–Crippen MR) is 103 cm³/mol. The molecular formula is C20H20N4O4. The Labute approximate surface area is 162 Å². The summed E-state index contributed by atoms with van der Waals surface area (Å²) in [5.74, 6) is -1.48. The maximum absolute atomic E-state index is 12.3. The van der Waals surface area contributed by atoms with E-state index in [0.29, 0.717) is 0 Å². The van der Waals surface area contributed by atoms with Crippen LogP contribution >= 0.6 is 0 Å². The van der Waals surface area contributed by atoms with Gasteiger partial charge >= 0.3 is 11.9 Å². The minimum atomic E-state index is -0.739. The van der Waals surface area contributed by atoms with Crippen molar-refractivity contribution in [3.63, 3.8) is 0 Å². The Morgan fingerprint density at radius 1 is 1.14 bits per heavy atom. The topological polar surface area (TPSA) is 128 Å². The lowest BCUT2D eigenvalue weighted by molar-refractivity contribution is -0.142. The molecule has 0 atom stereocenters. The van der Waals surface area contributed by atoms with Crippen LogP contribution in [0.5, 0.6) is 0 Å². The first-order valence-corrected chi connectivity index (χ1v) is 8.66. The Balaban J connectivity index is 2.55. The molecule has 28 heavy (non-hydrogen) atoms. The van der Waals surface area contributed by atoms with E-state index in [1.807, 2.05) is 36.4 Å². The van der Waals surface area contributed by atoms with Crippen LogP contribution in [0.2, 0.25) is 0 Å². The van der Waals surface area contributed by atoms with E-state index in [-0.39, 0.29) is 48.1 Å². The molecule has 0 bridgehead atoms. The summed E-state index contributed by atoms with van der Waals surface area (Å²) in [5, 5.41) is 9.53. The Morgan fingerprint density at radius 2 is 1.82 bits per heavy atom. The van der Waals surface area contributed by atoms with Crippen molar-refractivity contribution in [2.45, 2.75) is 20.3 Å². The molecule has 0 radical (unpaired) electrons. The fourth-order valence-corrected chi connectivity index (χ4v) is 2.41. The largest absolute Gasteiger partial charge is 0.466 e. The highest BCUT2D eigenvalue weighted by Crippen LogP contribution is 2.21. The van der Waals surface area contributed by atoms with Gasteiger partial charge in [0.05, 0.1) is 30.9 Å². The number of hydrogen-bond acceptors (Lipinski definition) is 8. The van der Waals surface area contributed by atoms with Gasteiger partial charge in [0.15, 0.2) is 5.82 Å². The lowest BCUT2D eigenvalue weighted by Gasteiger charge is -2.12. The second-order valence-electron chi connectivity index (χ2n) is 5.54. The third-order valence-corrected chi connectivity index (χ3v) is 3.58. The van der Waals surface area contributed by atoms with Crippen molar-refractivity contribution in [3.05, 3.63) is 53.0 Å². The molecule has 0 saturated carbocycles. The number of hydrogen-bond donors (Lipinski definition) is 1. The molecule has 0 aliphatic rings. The molecule has 2 rings (SSSR count). The highest BCUT2D eigenvalue weighted by atomic mass is 16.5. The van der Waals surface area contributed by atoms with E-state index in [1.165, 1.54) is 0 Å². The standard InChI is InChI=1S/C20H20N4O4/c1-3-27-16(25)11-15-17(20(26)28-4-2)18(22)24-19(23-15)14(12-21)10-13-8-6-5-7-9-13/h5-10H,3-4,11H2,1-2H3,(H2,22,23,24)/b14-10+. The number of carbonyl (C=O) groups is 2. The van der Waals surface area contributed by atoms with Crippen molar-refractivity contribution < 1.29 is 19.1 Å². The Morgan fingerprint density at radius 3 is 2.43 bits per heavy atom. The number of nitriles is 1. The maximum Gasteiger partial charge on any atom is 0.343 e. The Hall–Kier alpha value is -3.73. The monoisotopic (exact) mass is 380 g/mol. The molecule has 0 spiro atoms. The van der Waals surface area contributed by atoms with Crippen molar-refractivity contribution in [1.29, 1.82) is 5.26 Å². The second kappa shape index (κ2) is 9.83. The number of carbonyl (C=O) groups excluding carboxylic acids is 2. The summed E-state index contributed by atoms with van der Waals surface area (Å²) < 4.78 is 9.91. The Bertz CT molecular complexity index is 933. The molecule has 2 N–H and O–H groups in total. The van der Waals surface area contributed by atoms with Gasteiger partial charge in [-0.05, 0) is 25.5 Å². The van der Waals surface area contributed by atoms with Crippen LogP contribution in [-0.4, -0.2) is 35.1 Å². The number of nitrogen functional groups attached to an aromatic ring is 1. The molecule has 0 amide bonds. The van der Waals surface area contributed by atoms with E-state index in [4.69, 9.17) is 15.2 Å². The van der Waals surface area contributed by atoms with Gasteiger partial charge in [-0.3, -0.25) is 4.79 Å². The number of aromatic nitrogens is 2. The second-order valence-corrected chi connectivity index (χ2v) is 5.54. The quantitative estimate of drug-likeness (QED) is 0.573. The van der Waals surface area contributed by atoms with Gasteiger partial charge < -0.3 is 15.2 Å². The van der Waals surface area contributed by atoms with E-state index in [0.717, 1.165) is 5.56 Å². The minimum absolute atomic E-state index is 0.0104. The van der Waals surface area contributed by atoms with Crippen LogP contribution in [0, 0.1) is 11.3 Å². The van der Waals surface area contributed by atoms with Crippen LogP contribution in [0.4, 0.5) is 5.82 Å². The molecule has 2 aromatic rings. The van der Waals surface area contributed by atoms with E-state index >= 15 is 0 Å². The number of ether oxygens (including phenoxy) is 2. The van der Waals surface area contributed by atoms with Gasteiger partial charge in [0.25, 0.3) is 0 Å². The third kappa shape index (κ3) is 5.14. The normalized spacial score (nSPS) is 10.8. The first-order valence-electron chi connectivity index (χ1n) is 8.66. The number of esters is 2. The molecule has 0 unspecified atom stereocenters. The van der Waals surface area contributed by atoms with E-state index < -0.39 is 11.9 Å². The van der Waals surface area contributed by atoms with Crippen LogP contribution in [0.3, 0.4) is 0 Å². The molecule has 0 saturated heterocycles. The summed E-state index contributed by atoms with van der Waals surface area (Å²) in [5.41, 5.74) is 6.80. The summed E-state index contributed by atoms with van der Waals surface area (Å²) in [7, 11) is 0. The number of allylic oxidation sites excluding steroid dienone is 1. The van der Waals surface area contributed by atoms with Crippen LogP contribution in [0.15, 0.2) is 30.3 Å². The van der Waals surface area contributed by atoms with Gasteiger partial charge in [0.2, 0.25) is 0 Å². The van der Waals surface area contributed by atoms with E-state index in [2.05, 4.69) is 9.97 Å². The molecule has 144 valence electrons. The van der Waals surface area contributed by atoms with Gasteiger partial charge in [0.1, 0.15) is 17.5 Å². The van der Waals surface area contributed by atoms with Gasteiger partial charge in [-0.15, -0.1) is 0 Å². The summed E-state index contributed by atoms with van der Waals surface area (Å²) in [6.45, 7) is 3.61. The molecular weight excluding hydrogens is 360 g/mol. The van der Waals surface area contributed by atoms with E-state index in [1.54, 1.807) is 19.9 Å². The van der Waals surface area contributed by atoms with Crippen LogP contribution in [0.1, 0.15) is 41.3 Å². The number of anilines is 1. The fourth-order valence-electron chi connectivity index (χ4n) is 2.41. The molecule has 0 fully saturated rings. The number of nitrogens with zero attached hydrogens (tertiary/aromatic N) is 3. The number of benzene rings is 1. The SMILES string of the molecule is CCOC(=O)Cc1nc(/C(C#N)=C/c2ccccc2)nc(N)c1C(=O)OCC. The Kier molecular flexibility index (Phi) is 7.22. The van der Waals surface area contributed by atoms with Gasteiger partial charge in [-0.2, -0.15) is 5.26 Å². The lowest BCUT2D eigenvalue weighted by Crippen LogP contribution is -2.19. The third-order valence-electron chi connectivity index (χ3n) is 3.58. The zero-order chi connectivity index (χ0) is 20.5. The molecule has 1 heterocycles. The fraction of sp³-hybridized carbons (Fsp3) is 0.250. The molecule has 8 heteroatoms. The average Bonchev–Trinajstić information content (AvgIpc) is 2.66. The van der Waals surface area contributed by atoms with Crippen molar-refractivity contribution >= 4 is 29.4 Å². The molecule has 1 aromatic carbocycles. The first-order chi connectivity index (χ1) is 13.5. The predicted octanol–water partition coefficient (Wildman–Crippen LogP) is 2.41. The summed E-state index contributed by atoms with van der Waals surface area (Å²) >= 11 is 0. The minimum Gasteiger partial charge on any atom is -0.466 e. The highest BCUT2D eigenvalue weighted by molar-refractivity contribution is 5.97. The van der Waals surface area contributed by atoms with Crippen LogP contribution < -0.4 is 5.73 Å². The molecule has 1 aromatic heterocycles.